The van der Waals surface area contributed by atoms with Crippen molar-refractivity contribution < 1.29 is 9.66 Å². The molecule has 1 atom stereocenters. The molecule has 1 N–H and O–H groups in total. The number of nitro benzene ring substituents is 1. The number of nitro groups is 1. The highest BCUT2D eigenvalue weighted by molar-refractivity contribution is 7.09. The summed E-state index contributed by atoms with van der Waals surface area (Å²) in [4.78, 5) is 14.9. The summed E-state index contributed by atoms with van der Waals surface area (Å²) in [5, 5.41) is 17.2. The normalized spacial score (nSPS) is 12.1. The highest BCUT2D eigenvalue weighted by Gasteiger charge is 2.12. The van der Waals surface area contributed by atoms with Crippen molar-refractivity contribution in [2.45, 2.75) is 26.4 Å². The minimum atomic E-state index is -0.417. The largest absolute Gasteiger partial charge is 0.496 e. The number of benzene rings is 1. The minimum absolute atomic E-state index is 0.0314. The van der Waals surface area contributed by atoms with E-state index in [-0.39, 0.29) is 11.7 Å². The minimum Gasteiger partial charge on any atom is -0.496 e. The van der Waals surface area contributed by atoms with Gasteiger partial charge in [0.2, 0.25) is 0 Å². The van der Waals surface area contributed by atoms with Crippen LogP contribution in [-0.2, 0) is 6.54 Å². The molecular formula is C14H17N3O3S. The summed E-state index contributed by atoms with van der Waals surface area (Å²) in [6.45, 7) is 4.49. The molecule has 1 heterocycles. The molecule has 21 heavy (non-hydrogen) atoms. The summed E-state index contributed by atoms with van der Waals surface area (Å²) in [7, 11) is 1.50. The summed E-state index contributed by atoms with van der Waals surface area (Å²) < 4.78 is 5.10. The lowest BCUT2D eigenvalue weighted by Gasteiger charge is -2.12. The van der Waals surface area contributed by atoms with Gasteiger partial charge in [-0.25, -0.2) is 4.98 Å². The van der Waals surface area contributed by atoms with Crippen molar-refractivity contribution in [2.24, 2.45) is 0 Å². The molecule has 6 nitrogen and oxygen atoms in total. The summed E-state index contributed by atoms with van der Waals surface area (Å²) in [5.41, 5.74) is 1.84. The van der Waals surface area contributed by atoms with Crippen LogP contribution >= 0.6 is 11.3 Å². The van der Waals surface area contributed by atoms with Crippen molar-refractivity contribution in [1.82, 2.24) is 10.3 Å². The number of non-ortho nitro benzene ring substituents is 1. The Hall–Kier alpha value is -1.99. The van der Waals surface area contributed by atoms with Gasteiger partial charge in [-0.15, -0.1) is 11.3 Å². The monoisotopic (exact) mass is 307 g/mol. The quantitative estimate of drug-likeness (QED) is 0.655. The van der Waals surface area contributed by atoms with Crippen LogP contribution in [0.3, 0.4) is 0 Å². The number of nitrogens with one attached hydrogen (secondary N) is 1. The second-order valence-corrected chi connectivity index (χ2v) is 5.62. The second kappa shape index (κ2) is 6.64. The average Bonchev–Trinajstić information content (AvgIpc) is 2.91. The van der Waals surface area contributed by atoms with Crippen molar-refractivity contribution in [3.63, 3.8) is 0 Å². The van der Waals surface area contributed by atoms with E-state index in [2.05, 4.69) is 10.3 Å². The molecule has 0 fully saturated rings. The predicted molar refractivity (Wildman–Crippen MR) is 81.8 cm³/mol. The molecule has 0 aliphatic rings. The molecular weight excluding hydrogens is 290 g/mol. The molecule has 0 saturated heterocycles. The Labute approximate surface area is 126 Å². The number of hydrogen-bond acceptors (Lipinski definition) is 6. The van der Waals surface area contributed by atoms with Crippen LogP contribution in [0.25, 0.3) is 0 Å². The molecule has 0 aliphatic heterocycles. The van der Waals surface area contributed by atoms with E-state index in [9.17, 15) is 10.1 Å². The topological polar surface area (TPSA) is 77.3 Å². The van der Waals surface area contributed by atoms with Crippen LogP contribution in [0.1, 0.15) is 29.2 Å². The zero-order valence-corrected chi connectivity index (χ0v) is 12.9. The van der Waals surface area contributed by atoms with E-state index in [0.29, 0.717) is 12.3 Å². The predicted octanol–water partition coefficient (Wildman–Crippen LogP) is 3.22. The van der Waals surface area contributed by atoms with E-state index in [4.69, 9.17) is 4.74 Å². The second-order valence-electron chi connectivity index (χ2n) is 4.73. The van der Waals surface area contributed by atoms with Gasteiger partial charge in [-0.05, 0) is 25.5 Å². The van der Waals surface area contributed by atoms with E-state index >= 15 is 0 Å². The van der Waals surface area contributed by atoms with Gasteiger partial charge in [0.05, 0.1) is 24.1 Å². The third-order valence-corrected chi connectivity index (χ3v) is 4.16. The molecule has 0 aliphatic carbocycles. The van der Waals surface area contributed by atoms with Crippen molar-refractivity contribution >= 4 is 17.0 Å². The molecule has 1 unspecified atom stereocenters. The maximum Gasteiger partial charge on any atom is 0.273 e. The fourth-order valence-electron chi connectivity index (χ4n) is 1.90. The number of aromatic nitrogens is 1. The first-order chi connectivity index (χ1) is 9.99. The van der Waals surface area contributed by atoms with Gasteiger partial charge in [-0.3, -0.25) is 10.1 Å². The Morgan fingerprint density at radius 1 is 1.48 bits per heavy atom. The van der Waals surface area contributed by atoms with E-state index in [1.807, 2.05) is 19.2 Å². The number of methoxy groups -OCH3 is 1. The average molecular weight is 307 g/mol. The first-order valence-electron chi connectivity index (χ1n) is 6.47. The highest BCUT2D eigenvalue weighted by Crippen LogP contribution is 2.23. The Bertz CT molecular complexity index is 642. The van der Waals surface area contributed by atoms with Crippen molar-refractivity contribution in [3.05, 3.63) is 50.0 Å². The van der Waals surface area contributed by atoms with Crippen LogP contribution in [0, 0.1) is 17.0 Å². The number of hydrogen-bond donors (Lipinski definition) is 1. The summed E-state index contributed by atoms with van der Waals surface area (Å²) >= 11 is 1.60. The number of ether oxygens (including phenoxy) is 1. The summed E-state index contributed by atoms with van der Waals surface area (Å²) in [6.07, 6.45) is 0. The third-order valence-electron chi connectivity index (χ3n) is 3.02. The lowest BCUT2D eigenvalue weighted by molar-refractivity contribution is -0.385. The molecule has 0 radical (unpaired) electrons. The van der Waals surface area contributed by atoms with Gasteiger partial charge in [-0.1, -0.05) is 0 Å². The molecule has 112 valence electrons. The molecule has 7 heteroatoms. The summed E-state index contributed by atoms with van der Waals surface area (Å²) in [5.74, 6) is 0.485. The van der Waals surface area contributed by atoms with E-state index < -0.39 is 4.92 Å². The van der Waals surface area contributed by atoms with Gasteiger partial charge in [0.15, 0.2) is 0 Å². The fourth-order valence-corrected chi connectivity index (χ4v) is 2.73. The van der Waals surface area contributed by atoms with Gasteiger partial charge in [0, 0.05) is 23.7 Å². The first kappa shape index (κ1) is 15.4. The van der Waals surface area contributed by atoms with Crippen LogP contribution < -0.4 is 10.1 Å². The van der Waals surface area contributed by atoms with Gasteiger partial charge >= 0.3 is 0 Å². The lowest BCUT2D eigenvalue weighted by atomic mass is 10.1. The fraction of sp³-hybridized carbons (Fsp3) is 0.357. The van der Waals surface area contributed by atoms with Crippen LogP contribution in [0.4, 0.5) is 5.69 Å². The Kier molecular flexibility index (Phi) is 4.87. The Balaban J connectivity index is 2.08. The number of nitrogens with zero attached hydrogens (tertiary/aromatic N) is 2. The molecule has 2 aromatic rings. The first-order valence-corrected chi connectivity index (χ1v) is 7.35. The van der Waals surface area contributed by atoms with Gasteiger partial charge in [0.1, 0.15) is 10.8 Å². The van der Waals surface area contributed by atoms with E-state index in [1.54, 1.807) is 23.5 Å². The van der Waals surface area contributed by atoms with Crippen LogP contribution in [0.2, 0.25) is 0 Å². The van der Waals surface area contributed by atoms with Crippen molar-refractivity contribution in [2.75, 3.05) is 7.11 Å². The molecule has 1 aromatic carbocycles. The Morgan fingerprint density at radius 3 is 2.81 bits per heavy atom. The summed E-state index contributed by atoms with van der Waals surface area (Å²) in [6, 6.07) is 4.85. The van der Waals surface area contributed by atoms with Crippen molar-refractivity contribution in [1.29, 1.82) is 0 Å². The van der Waals surface area contributed by atoms with Crippen LogP contribution in [0.5, 0.6) is 5.75 Å². The van der Waals surface area contributed by atoms with Crippen LogP contribution in [-0.4, -0.2) is 17.0 Å². The maximum absolute atomic E-state index is 10.9. The lowest BCUT2D eigenvalue weighted by Crippen LogP contribution is -2.18. The molecule has 0 bridgehead atoms. The van der Waals surface area contributed by atoms with Gasteiger partial charge < -0.3 is 10.1 Å². The molecule has 1 aromatic heterocycles. The van der Waals surface area contributed by atoms with E-state index in [0.717, 1.165) is 16.3 Å². The SMILES string of the molecule is COc1cc(CNC(C)c2nc(C)cs2)cc([N+](=O)[O-])c1. The number of thiazole rings is 1. The molecule has 0 amide bonds. The molecule has 0 saturated carbocycles. The van der Waals surface area contributed by atoms with Crippen molar-refractivity contribution in [3.8, 4) is 5.75 Å². The molecule has 0 spiro atoms. The highest BCUT2D eigenvalue weighted by atomic mass is 32.1. The molecule has 2 rings (SSSR count). The van der Waals surface area contributed by atoms with Crippen LogP contribution in [0.15, 0.2) is 23.6 Å². The zero-order chi connectivity index (χ0) is 15.4. The zero-order valence-electron chi connectivity index (χ0n) is 12.1. The number of rotatable bonds is 6. The smallest absolute Gasteiger partial charge is 0.273 e. The third kappa shape index (κ3) is 3.99. The maximum atomic E-state index is 10.9. The van der Waals surface area contributed by atoms with E-state index in [1.165, 1.54) is 13.2 Å². The van der Waals surface area contributed by atoms with Gasteiger partial charge in [0.25, 0.3) is 5.69 Å². The standard InChI is InChI=1S/C14H17N3O3S/c1-9-8-21-14(16-9)10(2)15-7-11-4-12(17(18)19)6-13(5-11)20-3/h4-6,8,10,15H,7H2,1-3H3. The van der Waals surface area contributed by atoms with Gasteiger partial charge in [-0.2, -0.15) is 0 Å². The Morgan fingerprint density at radius 2 is 2.24 bits per heavy atom. The number of aryl methyl sites for hydroxylation is 1.